The Kier molecular flexibility index (Phi) is 2.86. The molecule has 0 aliphatic carbocycles. The number of rotatable bonds is 3. The average Bonchev–Trinajstić information content (AvgIpc) is 2.81. The largest absolute Gasteiger partial charge is 0.378 e. The van der Waals surface area contributed by atoms with Crippen molar-refractivity contribution >= 4 is 28.3 Å². The zero-order chi connectivity index (χ0) is 12.4. The fourth-order valence-electron chi connectivity index (χ4n) is 1.75. The molecule has 0 aliphatic heterocycles. The number of aromatic nitrogens is 3. The number of benzene rings is 1. The Labute approximate surface area is 109 Å². The maximum absolute atomic E-state index is 5.83. The van der Waals surface area contributed by atoms with Crippen LogP contribution in [0.3, 0.4) is 0 Å². The Balaban J connectivity index is 1.74. The highest BCUT2D eigenvalue weighted by molar-refractivity contribution is 6.30. The number of nitrogens with zero attached hydrogens (tertiary/aromatic N) is 2. The van der Waals surface area contributed by atoms with Gasteiger partial charge in [-0.3, -0.25) is 4.98 Å². The van der Waals surface area contributed by atoms with E-state index in [2.05, 4.69) is 20.3 Å². The SMILES string of the molecule is Clc1ccc(NCc2nc3ccncc3[nH]2)cc1. The molecule has 5 heteroatoms. The van der Waals surface area contributed by atoms with Gasteiger partial charge in [0.25, 0.3) is 0 Å². The Bertz CT molecular complexity index is 627. The van der Waals surface area contributed by atoms with Crippen molar-refractivity contribution in [1.82, 2.24) is 15.0 Å². The summed E-state index contributed by atoms with van der Waals surface area (Å²) in [6.07, 6.45) is 3.51. The van der Waals surface area contributed by atoms with Crippen LogP contribution in [0, 0.1) is 0 Å². The third-order valence-corrected chi connectivity index (χ3v) is 2.89. The summed E-state index contributed by atoms with van der Waals surface area (Å²) < 4.78 is 0. The van der Waals surface area contributed by atoms with E-state index in [1.165, 1.54) is 0 Å². The Morgan fingerprint density at radius 2 is 2.00 bits per heavy atom. The molecule has 2 heterocycles. The van der Waals surface area contributed by atoms with E-state index in [9.17, 15) is 0 Å². The minimum absolute atomic E-state index is 0.635. The monoisotopic (exact) mass is 258 g/mol. The Morgan fingerprint density at radius 1 is 1.17 bits per heavy atom. The van der Waals surface area contributed by atoms with Gasteiger partial charge in [-0.15, -0.1) is 0 Å². The van der Waals surface area contributed by atoms with E-state index < -0.39 is 0 Å². The van der Waals surface area contributed by atoms with Gasteiger partial charge < -0.3 is 10.3 Å². The predicted octanol–water partition coefficient (Wildman–Crippen LogP) is 3.22. The van der Waals surface area contributed by atoms with E-state index >= 15 is 0 Å². The Hall–Kier alpha value is -2.07. The van der Waals surface area contributed by atoms with Crippen LogP contribution in [0.1, 0.15) is 5.82 Å². The second-order valence-corrected chi connectivity index (χ2v) is 4.37. The van der Waals surface area contributed by atoms with E-state index in [0.717, 1.165) is 27.6 Å². The summed E-state index contributed by atoms with van der Waals surface area (Å²) in [5, 5.41) is 4.01. The molecule has 0 unspecified atom stereocenters. The van der Waals surface area contributed by atoms with Crippen LogP contribution in [0.5, 0.6) is 0 Å². The van der Waals surface area contributed by atoms with Crippen LogP contribution in [0.2, 0.25) is 5.02 Å². The van der Waals surface area contributed by atoms with E-state index in [0.29, 0.717) is 6.54 Å². The molecular formula is C13H11ClN4. The first kappa shape index (κ1) is 11.0. The first-order valence-corrected chi connectivity index (χ1v) is 5.97. The predicted molar refractivity (Wildman–Crippen MR) is 72.7 cm³/mol. The van der Waals surface area contributed by atoms with Crippen LogP contribution in [-0.4, -0.2) is 15.0 Å². The van der Waals surface area contributed by atoms with Gasteiger partial charge in [-0.1, -0.05) is 11.6 Å². The third kappa shape index (κ3) is 2.28. The van der Waals surface area contributed by atoms with Crippen molar-refractivity contribution in [1.29, 1.82) is 0 Å². The summed E-state index contributed by atoms with van der Waals surface area (Å²) in [5.41, 5.74) is 2.89. The molecule has 0 aliphatic rings. The van der Waals surface area contributed by atoms with Gasteiger partial charge in [-0.2, -0.15) is 0 Å². The van der Waals surface area contributed by atoms with Crippen molar-refractivity contribution in [3.63, 3.8) is 0 Å². The number of anilines is 1. The molecule has 90 valence electrons. The number of fused-ring (bicyclic) bond motifs is 1. The molecule has 0 bridgehead atoms. The molecule has 0 fully saturated rings. The van der Waals surface area contributed by atoms with Gasteiger partial charge in [0, 0.05) is 16.9 Å². The molecule has 0 saturated heterocycles. The normalized spacial score (nSPS) is 10.7. The lowest BCUT2D eigenvalue weighted by Crippen LogP contribution is -2.00. The Morgan fingerprint density at radius 3 is 2.78 bits per heavy atom. The van der Waals surface area contributed by atoms with Crippen LogP contribution in [0.15, 0.2) is 42.7 Å². The van der Waals surface area contributed by atoms with Gasteiger partial charge in [-0.25, -0.2) is 4.98 Å². The number of pyridine rings is 1. The average molecular weight is 259 g/mol. The van der Waals surface area contributed by atoms with Crippen LogP contribution < -0.4 is 5.32 Å². The molecule has 0 atom stereocenters. The molecule has 0 spiro atoms. The summed E-state index contributed by atoms with van der Waals surface area (Å²) in [4.78, 5) is 11.7. The number of aromatic amines is 1. The molecule has 4 nitrogen and oxygen atoms in total. The maximum atomic E-state index is 5.83. The van der Waals surface area contributed by atoms with Crippen molar-refractivity contribution in [2.75, 3.05) is 5.32 Å². The van der Waals surface area contributed by atoms with E-state index in [1.54, 1.807) is 12.4 Å². The molecule has 1 aromatic carbocycles. The minimum Gasteiger partial charge on any atom is -0.378 e. The minimum atomic E-state index is 0.635. The first-order chi connectivity index (χ1) is 8.81. The lowest BCUT2D eigenvalue weighted by Gasteiger charge is -2.03. The van der Waals surface area contributed by atoms with Gasteiger partial charge in [0.1, 0.15) is 5.82 Å². The fraction of sp³-hybridized carbons (Fsp3) is 0.0769. The smallest absolute Gasteiger partial charge is 0.126 e. The summed E-state index contributed by atoms with van der Waals surface area (Å²) in [5.74, 6) is 0.882. The lowest BCUT2D eigenvalue weighted by molar-refractivity contribution is 1.01. The first-order valence-electron chi connectivity index (χ1n) is 5.59. The van der Waals surface area contributed by atoms with Gasteiger partial charge in [0.2, 0.25) is 0 Å². The zero-order valence-electron chi connectivity index (χ0n) is 9.52. The van der Waals surface area contributed by atoms with Crippen molar-refractivity contribution < 1.29 is 0 Å². The van der Waals surface area contributed by atoms with Crippen LogP contribution in [0.4, 0.5) is 5.69 Å². The second kappa shape index (κ2) is 4.66. The highest BCUT2D eigenvalue weighted by atomic mass is 35.5. The standard InChI is InChI=1S/C13H11ClN4/c14-9-1-3-10(4-2-9)16-8-13-17-11-5-6-15-7-12(11)18-13/h1-7,16H,8H2,(H,17,18). The molecule has 0 radical (unpaired) electrons. The summed E-state index contributed by atoms with van der Waals surface area (Å²) in [7, 11) is 0. The van der Waals surface area contributed by atoms with Crippen molar-refractivity contribution in [2.45, 2.75) is 6.54 Å². The number of halogens is 1. The number of imidazole rings is 1. The maximum Gasteiger partial charge on any atom is 0.126 e. The van der Waals surface area contributed by atoms with Crippen LogP contribution in [-0.2, 0) is 6.54 Å². The quantitative estimate of drug-likeness (QED) is 0.758. The number of hydrogen-bond donors (Lipinski definition) is 2. The van der Waals surface area contributed by atoms with Crippen LogP contribution in [0.25, 0.3) is 11.0 Å². The molecule has 18 heavy (non-hydrogen) atoms. The molecule has 0 amide bonds. The van der Waals surface area contributed by atoms with Crippen molar-refractivity contribution in [2.24, 2.45) is 0 Å². The molecule has 3 aromatic rings. The van der Waals surface area contributed by atoms with Gasteiger partial charge in [-0.05, 0) is 30.3 Å². The fourth-order valence-corrected chi connectivity index (χ4v) is 1.87. The molecule has 2 N–H and O–H groups in total. The topological polar surface area (TPSA) is 53.6 Å². The summed E-state index contributed by atoms with van der Waals surface area (Å²) in [6, 6.07) is 9.47. The van der Waals surface area contributed by atoms with Crippen LogP contribution >= 0.6 is 11.6 Å². The second-order valence-electron chi connectivity index (χ2n) is 3.94. The van der Waals surface area contributed by atoms with Gasteiger partial charge >= 0.3 is 0 Å². The molecular weight excluding hydrogens is 248 g/mol. The highest BCUT2D eigenvalue weighted by Crippen LogP contribution is 2.15. The van der Waals surface area contributed by atoms with Gasteiger partial charge in [0.15, 0.2) is 0 Å². The van der Waals surface area contributed by atoms with Gasteiger partial charge in [0.05, 0.1) is 23.8 Å². The molecule has 0 saturated carbocycles. The van der Waals surface area contributed by atoms with E-state index in [4.69, 9.17) is 11.6 Å². The zero-order valence-corrected chi connectivity index (χ0v) is 10.3. The summed E-state index contributed by atoms with van der Waals surface area (Å²) in [6.45, 7) is 0.635. The summed E-state index contributed by atoms with van der Waals surface area (Å²) >= 11 is 5.83. The lowest BCUT2D eigenvalue weighted by atomic mass is 10.3. The highest BCUT2D eigenvalue weighted by Gasteiger charge is 2.01. The molecule has 2 aromatic heterocycles. The molecule has 3 rings (SSSR count). The van der Waals surface area contributed by atoms with Crippen molar-refractivity contribution in [3.8, 4) is 0 Å². The van der Waals surface area contributed by atoms with E-state index in [1.807, 2.05) is 30.3 Å². The van der Waals surface area contributed by atoms with Crippen molar-refractivity contribution in [3.05, 3.63) is 53.6 Å². The number of H-pyrrole nitrogens is 1. The third-order valence-electron chi connectivity index (χ3n) is 2.64. The number of nitrogens with one attached hydrogen (secondary N) is 2. The van der Waals surface area contributed by atoms with E-state index in [-0.39, 0.29) is 0 Å². The number of hydrogen-bond acceptors (Lipinski definition) is 3.